The summed E-state index contributed by atoms with van der Waals surface area (Å²) in [5.74, 6) is 0.386. The maximum absolute atomic E-state index is 11.6. The molecule has 1 N–H and O–H groups in total. The molecule has 0 atom stereocenters. The second kappa shape index (κ2) is 6.68. The fourth-order valence-corrected chi connectivity index (χ4v) is 2.92. The molecule has 1 aromatic rings. The van der Waals surface area contributed by atoms with Crippen molar-refractivity contribution in [2.75, 3.05) is 12.4 Å². The Morgan fingerprint density at radius 3 is 2.80 bits per heavy atom. The van der Waals surface area contributed by atoms with Gasteiger partial charge in [0.1, 0.15) is 0 Å². The van der Waals surface area contributed by atoms with Crippen LogP contribution in [0.25, 0.3) is 0 Å². The number of thiophene rings is 1. The summed E-state index contributed by atoms with van der Waals surface area (Å²) >= 11 is 13.5. The molecular weight excluding hydrogens is 365 g/mol. The van der Waals surface area contributed by atoms with Crippen LogP contribution < -0.4 is 5.32 Å². The number of hydrogen-bond donors (Lipinski definition) is 1. The molecule has 0 aromatic carbocycles. The Bertz CT molecular complexity index is 359. The molecule has 15 heavy (non-hydrogen) atoms. The normalized spacial score (nSPS) is 10.9. The summed E-state index contributed by atoms with van der Waals surface area (Å²) in [4.78, 5) is 12.2. The van der Waals surface area contributed by atoms with E-state index in [1.54, 1.807) is 12.1 Å². The van der Waals surface area contributed by atoms with Crippen LogP contribution in [0.4, 0.5) is 0 Å². The largest absolute Gasteiger partial charge is 0.348 e. The molecule has 1 rings (SSSR count). The summed E-state index contributed by atoms with van der Waals surface area (Å²) in [5, 5.41) is 2.76. The van der Waals surface area contributed by atoms with Gasteiger partial charge >= 0.3 is 0 Å². The van der Waals surface area contributed by atoms with E-state index in [1.807, 2.05) is 6.08 Å². The third-order valence-electron chi connectivity index (χ3n) is 1.51. The van der Waals surface area contributed by atoms with Gasteiger partial charge in [0.25, 0.3) is 5.91 Å². The summed E-state index contributed by atoms with van der Waals surface area (Å²) in [6.07, 6.45) is 3.62. The lowest BCUT2D eigenvalue weighted by Crippen LogP contribution is -2.22. The summed E-state index contributed by atoms with van der Waals surface area (Å²) in [5.41, 5.74) is 0. The van der Waals surface area contributed by atoms with Crippen LogP contribution >= 0.6 is 54.8 Å². The van der Waals surface area contributed by atoms with Crippen LogP contribution in [-0.4, -0.2) is 18.3 Å². The van der Waals surface area contributed by atoms with Crippen molar-refractivity contribution >= 4 is 60.7 Å². The average molecular weight is 373 g/mol. The van der Waals surface area contributed by atoms with E-state index < -0.39 is 0 Å². The number of carbonyl (C=O) groups is 1. The zero-order valence-electron chi connectivity index (χ0n) is 7.60. The standard InChI is InChI=1S/C9H8Br2ClNOS/c10-6-5-7(15-8(6)11)9(14)13-4-2-1-3-12/h1-2,5H,3-4H2,(H,13,14)/b2-1+. The van der Waals surface area contributed by atoms with Crippen molar-refractivity contribution in [3.63, 3.8) is 0 Å². The van der Waals surface area contributed by atoms with Crippen molar-refractivity contribution in [2.45, 2.75) is 0 Å². The van der Waals surface area contributed by atoms with Crippen LogP contribution in [0.2, 0.25) is 0 Å². The summed E-state index contributed by atoms with van der Waals surface area (Å²) in [6, 6.07) is 1.79. The lowest BCUT2D eigenvalue weighted by Gasteiger charge is -1.97. The van der Waals surface area contributed by atoms with Gasteiger partial charge in [0.2, 0.25) is 0 Å². The van der Waals surface area contributed by atoms with Gasteiger partial charge in [-0.25, -0.2) is 0 Å². The Kier molecular flexibility index (Phi) is 5.89. The number of halogens is 3. The first kappa shape index (κ1) is 13.2. The second-order valence-corrected chi connectivity index (χ2v) is 6.10. The molecular formula is C9H8Br2ClNOS. The van der Waals surface area contributed by atoms with Crippen molar-refractivity contribution < 1.29 is 4.79 Å². The van der Waals surface area contributed by atoms with Crippen LogP contribution in [0.3, 0.4) is 0 Å². The molecule has 82 valence electrons. The van der Waals surface area contributed by atoms with E-state index in [0.29, 0.717) is 17.3 Å². The first-order valence-corrected chi connectivity index (χ1v) is 7.03. The quantitative estimate of drug-likeness (QED) is 0.631. The Morgan fingerprint density at radius 2 is 2.27 bits per heavy atom. The Balaban J connectivity index is 2.50. The monoisotopic (exact) mass is 371 g/mol. The van der Waals surface area contributed by atoms with Gasteiger partial charge in [0, 0.05) is 16.9 Å². The highest BCUT2D eigenvalue weighted by Crippen LogP contribution is 2.32. The van der Waals surface area contributed by atoms with Crippen LogP contribution in [0.15, 0.2) is 26.5 Å². The molecule has 6 heteroatoms. The van der Waals surface area contributed by atoms with Gasteiger partial charge in [-0.05, 0) is 37.9 Å². The number of allylic oxidation sites excluding steroid dienone is 1. The number of hydrogen-bond acceptors (Lipinski definition) is 2. The Morgan fingerprint density at radius 1 is 1.53 bits per heavy atom. The van der Waals surface area contributed by atoms with Gasteiger partial charge < -0.3 is 5.32 Å². The lowest BCUT2D eigenvalue weighted by molar-refractivity contribution is 0.0962. The molecule has 0 aliphatic carbocycles. The minimum atomic E-state index is -0.0781. The molecule has 0 saturated carbocycles. The van der Waals surface area contributed by atoms with Gasteiger partial charge in [0.05, 0.1) is 8.66 Å². The summed E-state index contributed by atoms with van der Waals surface area (Å²) in [6.45, 7) is 0.499. The van der Waals surface area contributed by atoms with Crippen molar-refractivity contribution in [1.82, 2.24) is 5.32 Å². The molecule has 0 spiro atoms. The van der Waals surface area contributed by atoms with Gasteiger partial charge in [0.15, 0.2) is 0 Å². The zero-order valence-corrected chi connectivity index (χ0v) is 12.3. The van der Waals surface area contributed by atoms with Crippen LogP contribution in [-0.2, 0) is 0 Å². The van der Waals surface area contributed by atoms with Crippen LogP contribution in [0.1, 0.15) is 9.67 Å². The fourth-order valence-electron chi connectivity index (χ4n) is 0.844. The fraction of sp³-hybridized carbons (Fsp3) is 0.222. The number of amides is 1. The van der Waals surface area contributed by atoms with E-state index in [-0.39, 0.29) is 5.91 Å². The molecule has 0 bridgehead atoms. The zero-order chi connectivity index (χ0) is 11.3. The van der Waals surface area contributed by atoms with Crippen molar-refractivity contribution in [3.05, 3.63) is 31.4 Å². The Labute approximate surface area is 114 Å². The van der Waals surface area contributed by atoms with Gasteiger partial charge in [-0.2, -0.15) is 0 Å². The highest BCUT2D eigenvalue weighted by atomic mass is 79.9. The molecule has 0 saturated heterocycles. The van der Waals surface area contributed by atoms with E-state index in [4.69, 9.17) is 11.6 Å². The number of carbonyl (C=O) groups excluding carboxylic acids is 1. The van der Waals surface area contributed by atoms with E-state index in [9.17, 15) is 4.79 Å². The number of nitrogens with one attached hydrogen (secondary N) is 1. The maximum Gasteiger partial charge on any atom is 0.261 e. The van der Waals surface area contributed by atoms with Crippen LogP contribution in [0.5, 0.6) is 0 Å². The van der Waals surface area contributed by atoms with Gasteiger partial charge in [-0.3, -0.25) is 4.79 Å². The molecule has 0 fully saturated rings. The molecule has 0 unspecified atom stereocenters. The van der Waals surface area contributed by atoms with Gasteiger partial charge in [-0.15, -0.1) is 22.9 Å². The molecule has 1 aromatic heterocycles. The topological polar surface area (TPSA) is 29.1 Å². The lowest BCUT2D eigenvalue weighted by atomic mass is 10.4. The van der Waals surface area contributed by atoms with E-state index in [2.05, 4.69) is 37.2 Å². The summed E-state index contributed by atoms with van der Waals surface area (Å²) < 4.78 is 1.82. The van der Waals surface area contributed by atoms with E-state index in [0.717, 1.165) is 8.26 Å². The third kappa shape index (κ3) is 4.26. The SMILES string of the molecule is O=C(NC/C=C/CCl)c1cc(Br)c(Br)s1. The first-order valence-electron chi connectivity index (χ1n) is 4.09. The smallest absolute Gasteiger partial charge is 0.261 e. The molecule has 2 nitrogen and oxygen atoms in total. The third-order valence-corrected chi connectivity index (χ3v) is 4.94. The van der Waals surface area contributed by atoms with E-state index >= 15 is 0 Å². The first-order chi connectivity index (χ1) is 7.15. The van der Waals surface area contributed by atoms with E-state index in [1.165, 1.54) is 11.3 Å². The average Bonchev–Trinajstić information content (AvgIpc) is 2.54. The second-order valence-electron chi connectivity index (χ2n) is 2.57. The predicted molar refractivity (Wildman–Crippen MR) is 71.9 cm³/mol. The maximum atomic E-state index is 11.6. The molecule has 1 amide bonds. The highest BCUT2D eigenvalue weighted by molar-refractivity contribution is 9.13. The molecule has 1 heterocycles. The van der Waals surface area contributed by atoms with Crippen molar-refractivity contribution in [3.8, 4) is 0 Å². The minimum absolute atomic E-state index is 0.0781. The highest BCUT2D eigenvalue weighted by Gasteiger charge is 2.10. The van der Waals surface area contributed by atoms with Crippen molar-refractivity contribution in [1.29, 1.82) is 0 Å². The minimum Gasteiger partial charge on any atom is -0.348 e. The van der Waals surface area contributed by atoms with Crippen LogP contribution in [0, 0.1) is 0 Å². The molecule has 0 aliphatic heterocycles. The molecule has 0 radical (unpaired) electrons. The Hall–Kier alpha value is 0.160. The number of alkyl halides is 1. The van der Waals surface area contributed by atoms with Gasteiger partial charge in [-0.1, -0.05) is 12.2 Å². The molecule has 0 aliphatic rings. The summed E-state index contributed by atoms with van der Waals surface area (Å²) in [7, 11) is 0. The number of rotatable bonds is 4. The predicted octanol–water partition coefficient (Wildman–Crippen LogP) is 3.80. The van der Waals surface area contributed by atoms with Crippen molar-refractivity contribution in [2.24, 2.45) is 0 Å².